The molecule has 0 fully saturated rings. The van der Waals surface area contributed by atoms with Gasteiger partial charge < -0.3 is 5.32 Å². The summed E-state index contributed by atoms with van der Waals surface area (Å²) in [6.07, 6.45) is 3.34. The first-order valence-corrected chi connectivity index (χ1v) is 6.49. The Kier molecular flexibility index (Phi) is 2.96. The van der Waals surface area contributed by atoms with Crippen molar-refractivity contribution in [1.82, 2.24) is 20.2 Å². The lowest BCUT2D eigenvalue weighted by molar-refractivity contribution is 0.469. The molecule has 1 atom stereocenters. The summed E-state index contributed by atoms with van der Waals surface area (Å²) in [6, 6.07) is 9.08. The number of fused-ring (bicyclic) bond motifs is 1. The molecule has 18 heavy (non-hydrogen) atoms. The first-order chi connectivity index (χ1) is 8.88. The number of aryl methyl sites for hydroxylation is 1. The second-order valence-corrected chi connectivity index (χ2v) is 4.67. The second-order valence-electron chi connectivity index (χ2n) is 4.67. The predicted octanol–water partition coefficient (Wildman–Crippen LogP) is 2.03. The van der Waals surface area contributed by atoms with Gasteiger partial charge in [0.2, 0.25) is 5.95 Å². The Labute approximate surface area is 106 Å². The zero-order valence-electron chi connectivity index (χ0n) is 10.5. The van der Waals surface area contributed by atoms with E-state index in [1.54, 1.807) is 0 Å². The van der Waals surface area contributed by atoms with Crippen LogP contribution in [0.4, 0.5) is 5.95 Å². The highest BCUT2D eigenvalue weighted by atomic mass is 15.6. The van der Waals surface area contributed by atoms with Crippen molar-refractivity contribution in [3.8, 4) is 0 Å². The number of nitrogens with one attached hydrogen (secondary N) is 1. The predicted molar refractivity (Wildman–Crippen MR) is 69.5 cm³/mol. The summed E-state index contributed by atoms with van der Waals surface area (Å²) in [4.78, 5) is 0. The maximum Gasteiger partial charge on any atom is 0.243 e. The van der Waals surface area contributed by atoms with Gasteiger partial charge in [0.25, 0.3) is 0 Å². The third-order valence-corrected chi connectivity index (χ3v) is 3.39. The lowest BCUT2D eigenvalue weighted by Crippen LogP contribution is -2.24. The Bertz CT molecular complexity index is 516. The monoisotopic (exact) mass is 243 g/mol. The fourth-order valence-electron chi connectivity index (χ4n) is 2.47. The van der Waals surface area contributed by atoms with Gasteiger partial charge in [-0.05, 0) is 34.4 Å². The summed E-state index contributed by atoms with van der Waals surface area (Å²) in [6.45, 7) is 3.12. The van der Waals surface area contributed by atoms with Gasteiger partial charge in [-0.25, -0.2) is 4.68 Å². The fraction of sp³-hybridized carbons (Fsp3) is 0.462. The molecule has 1 aliphatic rings. The van der Waals surface area contributed by atoms with E-state index in [1.165, 1.54) is 17.5 Å². The minimum atomic E-state index is 0.256. The molecular formula is C13H17N5. The van der Waals surface area contributed by atoms with E-state index >= 15 is 0 Å². The molecule has 0 spiro atoms. The van der Waals surface area contributed by atoms with Gasteiger partial charge >= 0.3 is 0 Å². The van der Waals surface area contributed by atoms with E-state index in [2.05, 4.69) is 52.0 Å². The maximum atomic E-state index is 4.07. The summed E-state index contributed by atoms with van der Waals surface area (Å²) in [5.41, 5.74) is 2.68. The number of hydrogen-bond acceptors (Lipinski definition) is 4. The summed E-state index contributed by atoms with van der Waals surface area (Å²) in [5, 5.41) is 15.0. The molecule has 5 nitrogen and oxygen atoms in total. The van der Waals surface area contributed by atoms with E-state index < -0.39 is 0 Å². The van der Waals surface area contributed by atoms with Crippen molar-refractivity contribution in [2.45, 2.75) is 32.2 Å². The van der Waals surface area contributed by atoms with Crippen molar-refractivity contribution in [2.75, 3.05) is 11.9 Å². The average Bonchev–Trinajstić information content (AvgIpc) is 2.88. The zero-order valence-corrected chi connectivity index (χ0v) is 10.5. The SMILES string of the molecule is CCCc1ccc(C2CCNc3nnnn32)cc1. The third kappa shape index (κ3) is 1.96. The molecule has 1 aliphatic heterocycles. The molecule has 1 aromatic carbocycles. The molecule has 0 bridgehead atoms. The molecule has 5 heteroatoms. The normalized spacial score (nSPS) is 18.2. The number of rotatable bonds is 3. The van der Waals surface area contributed by atoms with Crippen LogP contribution >= 0.6 is 0 Å². The van der Waals surface area contributed by atoms with Gasteiger partial charge in [-0.2, -0.15) is 0 Å². The molecule has 0 saturated heterocycles. The van der Waals surface area contributed by atoms with Gasteiger partial charge in [-0.1, -0.05) is 42.7 Å². The fourth-order valence-corrected chi connectivity index (χ4v) is 2.47. The molecule has 1 unspecified atom stereocenters. The average molecular weight is 243 g/mol. The van der Waals surface area contributed by atoms with Crippen LogP contribution in [0, 0.1) is 0 Å². The standard InChI is InChI=1S/C13H17N5/c1-2-3-10-4-6-11(7-5-10)12-8-9-14-13-15-16-17-18(12)13/h4-7,12H,2-3,8-9H2,1H3,(H,14,15,17). The molecular weight excluding hydrogens is 226 g/mol. The molecule has 0 radical (unpaired) electrons. The zero-order chi connectivity index (χ0) is 12.4. The van der Waals surface area contributed by atoms with E-state index in [9.17, 15) is 0 Å². The Hall–Kier alpha value is -1.91. The molecule has 1 aromatic heterocycles. The van der Waals surface area contributed by atoms with Gasteiger partial charge in [0.05, 0.1) is 6.04 Å². The Morgan fingerprint density at radius 3 is 2.94 bits per heavy atom. The lowest BCUT2D eigenvalue weighted by atomic mass is 10.00. The number of aromatic nitrogens is 4. The smallest absolute Gasteiger partial charge is 0.243 e. The number of benzene rings is 1. The molecule has 0 amide bonds. The quantitative estimate of drug-likeness (QED) is 0.896. The highest BCUT2D eigenvalue weighted by Crippen LogP contribution is 2.27. The molecule has 0 saturated carbocycles. The van der Waals surface area contributed by atoms with Crippen molar-refractivity contribution >= 4 is 5.95 Å². The van der Waals surface area contributed by atoms with Crippen LogP contribution in [0.1, 0.15) is 36.9 Å². The van der Waals surface area contributed by atoms with Crippen LogP contribution in [-0.2, 0) is 6.42 Å². The Morgan fingerprint density at radius 1 is 1.33 bits per heavy atom. The van der Waals surface area contributed by atoms with Crippen molar-refractivity contribution in [3.05, 3.63) is 35.4 Å². The van der Waals surface area contributed by atoms with Gasteiger partial charge in [-0.15, -0.1) is 0 Å². The number of hydrogen-bond donors (Lipinski definition) is 1. The van der Waals surface area contributed by atoms with E-state index in [4.69, 9.17) is 0 Å². The molecule has 2 aromatic rings. The third-order valence-electron chi connectivity index (χ3n) is 3.39. The first kappa shape index (κ1) is 11.2. The maximum absolute atomic E-state index is 4.07. The minimum Gasteiger partial charge on any atom is -0.353 e. The number of anilines is 1. The van der Waals surface area contributed by atoms with Gasteiger partial charge in [-0.3, -0.25) is 0 Å². The highest BCUT2D eigenvalue weighted by molar-refractivity contribution is 5.32. The molecule has 94 valence electrons. The summed E-state index contributed by atoms with van der Waals surface area (Å²) < 4.78 is 1.87. The van der Waals surface area contributed by atoms with Crippen LogP contribution < -0.4 is 5.32 Å². The van der Waals surface area contributed by atoms with E-state index in [1.807, 2.05) is 4.68 Å². The van der Waals surface area contributed by atoms with Crippen LogP contribution in [-0.4, -0.2) is 26.8 Å². The first-order valence-electron chi connectivity index (χ1n) is 6.49. The molecule has 2 heterocycles. The van der Waals surface area contributed by atoms with E-state index in [0.29, 0.717) is 0 Å². The number of nitrogens with zero attached hydrogens (tertiary/aromatic N) is 4. The van der Waals surface area contributed by atoms with E-state index in [-0.39, 0.29) is 6.04 Å². The molecule has 1 N–H and O–H groups in total. The van der Waals surface area contributed by atoms with Crippen LogP contribution in [0.3, 0.4) is 0 Å². The van der Waals surface area contributed by atoms with Crippen molar-refractivity contribution in [2.24, 2.45) is 0 Å². The number of tetrazole rings is 1. The van der Waals surface area contributed by atoms with Crippen LogP contribution in [0.15, 0.2) is 24.3 Å². The molecule has 0 aliphatic carbocycles. The lowest BCUT2D eigenvalue weighted by Gasteiger charge is -2.23. The molecule has 3 rings (SSSR count). The minimum absolute atomic E-state index is 0.256. The van der Waals surface area contributed by atoms with Crippen LogP contribution in [0.25, 0.3) is 0 Å². The summed E-state index contributed by atoms with van der Waals surface area (Å²) in [5.74, 6) is 0.767. The topological polar surface area (TPSA) is 55.6 Å². The van der Waals surface area contributed by atoms with Gasteiger partial charge in [0.1, 0.15) is 0 Å². The van der Waals surface area contributed by atoms with Crippen molar-refractivity contribution in [3.63, 3.8) is 0 Å². The Balaban J connectivity index is 1.88. The Morgan fingerprint density at radius 2 is 2.17 bits per heavy atom. The van der Waals surface area contributed by atoms with Crippen LogP contribution in [0.5, 0.6) is 0 Å². The second kappa shape index (κ2) is 4.76. The van der Waals surface area contributed by atoms with Gasteiger partial charge in [0, 0.05) is 6.54 Å². The summed E-state index contributed by atoms with van der Waals surface area (Å²) in [7, 11) is 0. The summed E-state index contributed by atoms with van der Waals surface area (Å²) >= 11 is 0. The van der Waals surface area contributed by atoms with Crippen LogP contribution in [0.2, 0.25) is 0 Å². The highest BCUT2D eigenvalue weighted by Gasteiger charge is 2.23. The van der Waals surface area contributed by atoms with Gasteiger partial charge in [0.15, 0.2) is 0 Å². The largest absolute Gasteiger partial charge is 0.353 e. The van der Waals surface area contributed by atoms with Crippen molar-refractivity contribution < 1.29 is 0 Å². The van der Waals surface area contributed by atoms with E-state index in [0.717, 1.165) is 25.3 Å². The van der Waals surface area contributed by atoms with Crippen molar-refractivity contribution in [1.29, 1.82) is 0 Å².